The summed E-state index contributed by atoms with van der Waals surface area (Å²) in [7, 11) is 0. The highest BCUT2D eigenvalue weighted by Gasteiger charge is 2.05. The van der Waals surface area contributed by atoms with Gasteiger partial charge in [0, 0.05) is 28.8 Å². The van der Waals surface area contributed by atoms with Crippen LogP contribution in [0.15, 0.2) is 12.1 Å². The number of hydrogen-bond donors (Lipinski definition) is 2. The summed E-state index contributed by atoms with van der Waals surface area (Å²) in [5.74, 6) is 0.103. The van der Waals surface area contributed by atoms with E-state index in [4.69, 9.17) is 5.73 Å². The van der Waals surface area contributed by atoms with Gasteiger partial charge in [-0.3, -0.25) is 4.79 Å². The number of rotatable bonds is 6. The van der Waals surface area contributed by atoms with Crippen LogP contribution in [0.5, 0.6) is 0 Å². The highest BCUT2D eigenvalue weighted by Crippen LogP contribution is 2.17. The van der Waals surface area contributed by atoms with Crippen molar-refractivity contribution >= 4 is 29.7 Å². The van der Waals surface area contributed by atoms with E-state index >= 15 is 0 Å². The quantitative estimate of drug-likeness (QED) is 0.837. The van der Waals surface area contributed by atoms with Crippen molar-refractivity contribution in [3.8, 4) is 0 Å². The lowest BCUT2D eigenvalue weighted by Crippen LogP contribution is -2.37. The molecule has 0 unspecified atom stereocenters. The van der Waals surface area contributed by atoms with E-state index in [0.717, 1.165) is 12.8 Å². The molecule has 1 aromatic heterocycles. The maximum atomic E-state index is 11.4. The largest absolute Gasteiger partial charge is 0.352 e. The Morgan fingerprint density at radius 3 is 2.76 bits per heavy atom. The van der Waals surface area contributed by atoms with E-state index in [1.165, 1.54) is 9.75 Å². The van der Waals surface area contributed by atoms with E-state index in [2.05, 4.69) is 24.4 Å². The lowest BCUT2D eigenvalue weighted by Gasteiger charge is -2.10. The Kier molecular flexibility index (Phi) is 8.21. The molecule has 0 bridgehead atoms. The molecule has 98 valence electrons. The summed E-state index contributed by atoms with van der Waals surface area (Å²) in [4.78, 5) is 14.1. The predicted octanol–water partition coefficient (Wildman–Crippen LogP) is 2.26. The second-order valence-electron chi connectivity index (χ2n) is 4.07. The molecule has 0 spiro atoms. The van der Waals surface area contributed by atoms with Gasteiger partial charge < -0.3 is 11.1 Å². The van der Waals surface area contributed by atoms with Gasteiger partial charge in [-0.15, -0.1) is 23.7 Å². The van der Waals surface area contributed by atoms with Crippen LogP contribution in [0.1, 0.15) is 29.5 Å². The molecule has 0 aromatic carbocycles. The molecule has 3 nitrogen and oxygen atoms in total. The Morgan fingerprint density at radius 2 is 2.24 bits per heavy atom. The zero-order valence-corrected chi connectivity index (χ0v) is 12.0. The number of hydrogen-bond acceptors (Lipinski definition) is 3. The lowest BCUT2D eigenvalue weighted by molar-refractivity contribution is -0.121. The molecule has 0 saturated carbocycles. The van der Waals surface area contributed by atoms with Crippen LogP contribution < -0.4 is 11.1 Å². The van der Waals surface area contributed by atoms with Crippen LogP contribution in [0, 0.1) is 6.92 Å². The molecule has 1 amide bonds. The molecule has 0 fully saturated rings. The van der Waals surface area contributed by atoms with Crippen LogP contribution in [-0.4, -0.2) is 18.5 Å². The highest BCUT2D eigenvalue weighted by molar-refractivity contribution is 7.11. The standard InChI is InChI=1S/C12H20N2OS.ClH/c1-9(8-13)14-12(15)5-3-4-11-7-6-10(2)16-11;/h6-7,9H,3-5,8,13H2,1-2H3,(H,14,15);1H/t9-;/m0./s1. The van der Waals surface area contributed by atoms with E-state index < -0.39 is 0 Å². The molecule has 1 rings (SSSR count). The van der Waals surface area contributed by atoms with Crippen molar-refractivity contribution in [1.82, 2.24) is 5.32 Å². The van der Waals surface area contributed by atoms with E-state index in [1.807, 2.05) is 6.92 Å². The average Bonchev–Trinajstić information content (AvgIpc) is 2.64. The maximum absolute atomic E-state index is 11.4. The molecular formula is C12H21ClN2OS. The van der Waals surface area contributed by atoms with Crippen molar-refractivity contribution in [2.45, 2.75) is 39.2 Å². The number of carbonyl (C=O) groups is 1. The zero-order chi connectivity index (χ0) is 12.0. The summed E-state index contributed by atoms with van der Waals surface area (Å²) in [5, 5.41) is 2.86. The van der Waals surface area contributed by atoms with E-state index in [-0.39, 0.29) is 24.4 Å². The fraction of sp³-hybridized carbons (Fsp3) is 0.583. The van der Waals surface area contributed by atoms with Gasteiger partial charge >= 0.3 is 0 Å². The number of aryl methyl sites for hydroxylation is 2. The summed E-state index contributed by atoms with van der Waals surface area (Å²) in [5.41, 5.74) is 5.43. The van der Waals surface area contributed by atoms with Crippen LogP contribution in [0.4, 0.5) is 0 Å². The third kappa shape index (κ3) is 6.66. The van der Waals surface area contributed by atoms with Gasteiger partial charge in [0.1, 0.15) is 0 Å². The summed E-state index contributed by atoms with van der Waals surface area (Å²) in [6, 6.07) is 4.34. The van der Waals surface area contributed by atoms with Gasteiger partial charge in [0.2, 0.25) is 5.91 Å². The molecule has 0 aliphatic carbocycles. The zero-order valence-electron chi connectivity index (χ0n) is 10.4. The van der Waals surface area contributed by atoms with Gasteiger partial charge in [0.15, 0.2) is 0 Å². The SMILES string of the molecule is Cc1ccc(CCCC(=O)N[C@@H](C)CN)s1.Cl. The van der Waals surface area contributed by atoms with Crippen molar-refractivity contribution in [1.29, 1.82) is 0 Å². The topological polar surface area (TPSA) is 55.1 Å². The fourth-order valence-corrected chi connectivity index (χ4v) is 2.38. The van der Waals surface area contributed by atoms with Gasteiger partial charge in [-0.2, -0.15) is 0 Å². The highest BCUT2D eigenvalue weighted by atomic mass is 35.5. The van der Waals surface area contributed by atoms with Gasteiger partial charge in [-0.05, 0) is 38.8 Å². The van der Waals surface area contributed by atoms with Crippen LogP contribution >= 0.6 is 23.7 Å². The van der Waals surface area contributed by atoms with Crippen LogP contribution in [0.2, 0.25) is 0 Å². The first kappa shape index (κ1) is 16.4. The molecule has 1 aromatic rings. The van der Waals surface area contributed by atoms with Gasteiger partial charge in [0.05, 0.1) is 0 Å². The Hall–Kier alpha value is -0.580. The summed E-state index contributed by atoms with van der Waals surface area (Å²) >= 11 is 1.81. The minimum atomic E-state index is 0. The normalized spacial score (nSPS) is 11.7. The number of nitrogens with two attached hydrogens (primary N) is 1. The maximum Gasteiger partial charge on any atom is 0.220 e. The predicted molar refractivity (Wildman–Crippen MR) is 75.9 cm³/mol. The summed E-state index contributed by atoms with van der Waals surface area (Å²) in [6.45, 7) is 4.51. The summed E-state index contributed by atoms with van der Waals surface area (Å²) < 4.78 is 0. The number of thiophene rings is 1. The van der Waals surface area contributed by atoms with E-state index in [1.54, 1.807) is 11.3 Å². The molecule has 0 saturated heterocycles. The van der Waals surface area contributed by atoms with Gasteiger partial charge in [0.25, 0.3) is 0 Å². The minimum Gasteiger partial charge on any atom is -0.352 e. The van der Waals surface area contributed by atoms with Crippen molar-refractivity contribution < 1.29 is 4.79 Å². The number of amides is 1. The molecule has 0 aliphatic heterocycles. The Bertz CT molecular complexity index is 341. The fourth-order valence-electron chi connectivity index (χ4n) is 1.45. The van der Waals surface area contributed by atoms with Crippen LogP contribution in [0.25, 0.3) is 0 Å². The molecule has 0 radical (unpaired) electrons. The number of nitrogens with one attached hydrogen (secondary N) is 1. The third-order valence-electron chi connectivity index (χ3n) is 2.38. The number of carbonyl (C=O) groups excluding carboxylic acids is 1. The van der Waals surface area contributed by atoms with E-state index in [9.17, 15) is 4.79 Å². The second kappa shape index (κ2) is 8.50. The van der Waals surface area contributed by atoms with Crippen molar-refractivity contribution in [2.24, 2.45) is 5.73 Å². The Morgan fingerprint density at radius 1 is 1.53 bits per heavy atom. The monoisotopic (exact) mass is 276 g/mol. The molecule has 3 N–H and O–H groups in total. The number of halogens is 1. The summed E-state index contributed by atoms with van der Waals surface area (Å²) in [6.07, 6.45) is 2.48. The first-order valence-electron chi connectivity index (χ1n) is 5.66. The van der Waals surface area contributed by atoms with Crippen molar-refractivity contribution in [3.63, 3.8) is 0 Å². The molecular weight excluding hydrogens is 256 g/mol. The Balaban J connectivity index is 0.00000256. The smallest absolute Gasteiger partial charge is 0.220 e. The minimum absolute atomic E-state index is 0. The molecule has 1 atom stereocenters. The third-order valence-corrected chi connectivity index (χ3v) is 3.44. The Labute approximate surface area is 113 Å². The van der Waals surface area contributed by atoms with Crippen LogP contribution in [0.3, 0.4) is 0 Å². The first-order chi connectivity index (χ1) is 7.61. The van der Waals surface area contributed by atoms with Crippen LogP contribution in [-0.2, 0) is 11.2 Å². The van der Waals surface area contributed by atoms with Gasteiger partial charge in [-0.25, -0.2) is 0 Å². The van der Waals surface area contributed by atoms with Crippen molar-refractivity contribution in [3.05, 3.63) is 21.9 Å². The van der Waals surface area contributed by atoms with Crippen molar-refractivity contribution in [2.75, 3.05) is 6.54 Å². The van der Waals surface area contributed by atoms with E-state index in [0.29, 0.717) is 13.0 Å². The molecule has 5 heteroatoms. The average molecular weight is 277 g/mol. The van der Waals surface area contributed by atoms with Gasteiger partial charge in [-0.1, -0.05) is 0 Å². The molecule has 1 heterocycles. The first-order valence-corrected chi connectivity index (χ1v) is 6.48. The lowest BCUT2D eigenvalue weighted by atomic mass is 10.2. The second-order valence-corrected chi connectivity index (χ2v) is 5.44. The molecule has 17 heavy (non-hydrogen) atoms. The molecule has 0 aliphatic rings.